The molecule has 0 amide bonds. The quantitative estimate of drug-likeness (QED) is 0.163. The Balaban J connectivity index is 1.30. The van der Waals surface area contributed by atoms with Crippen LogP contribution in [0.15, 0.2) is 146 Å². The monoisotopic (exact) mass is 892 g/mol. The molecule has 4 aliphatic rings. The van der Waals surface area contributed by atoms with Gasteiger partial charge in [-0.05, 0) is 146 Å². The predicted octanol–water partition coefficient (Wildman–Crippen LogP) is 15.6. The Labute approximate surface area is 408 Å². The number of rotatable bonds is 4. The molecule has 3 aliphatic heterocycles. The highest BCUT2D eigenvalue weighted by molar-refractivity contribution is 7.00. The molecule has 11 rings (SSSR count). The number of hydrogen-bond acceptors (Lipinski definition) is 3. The predicted molar refractivity (Wildman–Crippen MR) is 294 cm³/mol. The minimum Gasteiger partial charge on any atom is -0.334 e. The number of anilines is 8. The van der Waals surface area contributed by atoms with Gasteiger partial charge < -0.3 is 14.7 Å². The molecule has 2 unspecified atom stereocenters. The molecule has 1 saturated carbocycles. The summed E-state index contributed by atoms with van der Waals surface area (Å²) < 4.78 is 0. The van der Waals surface area contributed by atoms with Crippen LogP contribution in [0.25, 0.3) is 11.1 Å². The lowest BCUT2D eigenvalue weighted by Gasteiger charge is -2.56. The van der Waals surface area contributed by atoms with Gasteiger partial charge in [0, 0.05) is 50.8 Å². The van der Waals surface area contributed by atoms with Crippen molar-refractivity contribution < 1.29 is 0 Å². The van der Waals surface area contributed by atoms with Crippen LogP contribution in [-0.4, -0.2) is 12.3 Å². The highest BCUT2D eigenvalue weighted by atomic mass is 15.3. The lowest BCUT2D eigenvalue weighted by Crippen LogP contribution is -2.62. The summed E-state index contributed by atoms with van der Waals surface area (Å²) in [5.74, 6) is 0. The molecule has 0 N–H and O–H groups in total. The lowest BCUT2D eigenvalue weighted by atomic mass is 9.33. The molecular weight excluding hydrogens is 822 g/mol. The van der Waals surface area contributed by atoms with Crippen LogP contribution in [0.4, 0.5) is 45.5 Å². The number of benzene rings is 7. The van der Waals surface area contributed by atoms with Gasteiger partial charge in [-0.2, -0.15) is 0 Å². The Bertz CT molecular complexity index is 3170. The van der Waals surface area contributed by atoms with E-state index in [0.717, 1.165) is 6.42 Å². The highest BCUT2D eigenvalue weighted by Crippen LogP contribution is 2.65. The Hall–Kier alpha value is -6.00. The smallest absolute Gasteiger partial charge is 0.252 e. The number of nitrogens with zero attached hydrogens (tertiary/aromatic N) is 3. The van der Waals surface area contributed by atoms with E-state index in [4.69, 9.17) is 0 Å². The van der Waals surface area contributed by atoms with Crippen molar-refractivity contribution in [1.29, 1.82) is 0 Å². The molecule has 0 aromatic heterocycles. The van der Waals surface area contributed by atoms with Crippen molar-refractivity contribution in [3.63, 3.8) is 0 Å². The molecule has 4 heteroatoms. The van der Waals surface area contributed by atoms with Gasteiger partial charge in [0.15, 0.2) is 0 Å². The lowest BCUT2D eigenvalue weighted by molar-refractivity contribution is 0.133. The zero-order valence-corrected chi connectivity index (χ0v) is 43.2. The van der Waals surface area contributed by atoms with E-state index >= 15 is 0 Å². The Morgan fingerprint density at radius 2 is 0.985 bits per heavy atom. The zero-order valence-electron chi connectivity index (χ0n) is 43.2. The van der Waals surface area contributed by atoms with Crippen LogP contribution in [-0.2, 0) is 27.1 Å². The van der Waals surface area contributed by atoms with Crippen LogP contribution < -0.4 is 31.1 Å². The molecule has 68 heavy (non-hydrogen) atoms. The number of para-hydroxylation sites is 1. The van der Waals surface area contributed by atoms with Crippen LogP contribution in [0.1, 0.15) is 138 Å². The fourth-order valence-electron chi connectivity index (χ4n) is 12.2. The van der Waals surface area contributed by atoms with Crippen molar-refractivity contribution in [3.8, 4) is 11.1 Å². The fourth-order valence-corrected chi connectivity index (χ4v) is 12.2. The third kappa shape index (κ3) is 6.59. The first-order valence-corrected chi connectivity index (χ1v) is 25.3. The van der Waals surface area contributed by atoms with Gasteiger partial charge in [-0.1, -0.05) is 181 Å². The Morgan fingerprint density at radius 1 is 0.412 bits per heavy atom. The van der Waals surface area contributed by atoms with Gasteiger partial charge in [0.05, 0.1) is 11.2 Å². The third-order valence-electron chi connectivity index (χ3n) is 16.7. The molecule has 3 heterocycles. The molecule has 0 spiro atoms. The summed E-state index contributed by atoms with van der Waals surface area (Å²) in [7, 11) is 0. The van der Waals surface area contributed by atoms with Crippen LogP contribution in [0.2, 0.25) is 0 Å². The van der Waals surface area contributed by atoms with Gasteiger partial charge in [-0.25, -0.2) is 0 Å². The Morgan fingerprint density at radius 3 is 1.63 bits per heavy atom. The number of fused-ring (bicyclic) bond motifs is 7. The molecule has 7 aromatic carbocycles. The van der Waals surface area contributed by atoms with Gasteiger partial charge in [0.2, 0.25) is 0 Å². The average Bonchev–Trinajstić information content (AvgIpc) is 3.42. The van der Waals surface area contributed by atoms with E-state index in [1.807, 2.05) is 0 Å². The summed E-state index contributed by atoms with van der Waals surface area (Å²) in [6.45, 7) is 33.2. The first kappa shape index (κ1) is 44.5. The second-order valence-corrected chi connectivity index (χ2v) is 25.2. The van der Waals surface area contributed by atoms with Crippen molar-refractivity contribution in [2.24, 2.45) is 0 Å². The standard InChI is InChI=1S/C64H70BN3/c1-59(2,3)42-23-20-24-46(35-42)66-55-38-45(62(10,11)12)27-30-50(55)65-51-37-44(61(7,8)9)29-32-54(51)67(52-31-28-43(60(4,5)6)36-48(52)41-21-16-15-17-22-41)57-40-47(39-56(66)58(57)65)68-53-26-19-18-25-49(53)63(13)33-34-64(63,68)14/h15-32,35-40H,33-34H2,1-14H3. The minimum absolute atomic E-state index is 0.00175. The maximum Gasteiger partial charge on any atom is 0.252 e. The first-order valence-electron chi connectivity index (χ1n) is 25.3. The van der Waals surface area contributed by atoms with Crippen molar-refractivity contribution in [2.45, 2.75) is 142 Å². The van der Waals surface area contributed by atoms with Crippen molar-refractivity contribution in [1.82, 2.24) is 0 Å². The SMILES string of the molecule is CC(C)(C)c1cccc(N2c3cc(C(C)(C)C)ccc3B3c4cc(C(C)(C)C)ccc4N(c4ccc(C(C)(C)C)cc4-c4ccccc4)c4cc(N5c6ccccc6C6(C)CCC56C)cc2c43)c1. The summed E-state index contributed by atoms with van der Waals surface area (Å²) in [5, 5.41) is 0. The molecule has 1 fully saturated rings. The van der Waals surface area contributed by atoms with E-state index in [-0.39, 0.29) is 39.3 Å². The van der Waals surface area contributed by atoms with Crippen molar-refractivity contribution in [3.05, 3.63) is 173 Å². The van der Waals surface area contributed by atoms with Crippen molar-refractivity contribution in [2.75, 3.05) is 14.7 Å². The van der Waals surface area contributed by atoms with E-state index in [1.165, 1.54) is 107 Å². The summed E-state index contributed by atoms with van der Waals surface area (Å²) in [4.78, 5) is 8.07. The van der Waals surface area contributed by atoms with Crippen molar-refractivity contribution >= 4 is 68.6 Å². The molecule has 0 radical (unpaired) electrons. The van der Waals surface area contributed by atoms with E-state index in [0.29, 0.717) is 0 Å². The maximum absolute atomic E-state index is 2.75. The average molecular weight is 892 g/mol. The van der Waals surface area contributed by atoms with Crippen LogP contribution in [0, 0.1) is 0 Å². The largest absolute Gasteiger partial charge is 0.334 e. The van der Waals surface area contributed by atoms with Gasteiger partial charge in [-0.15, -0.1) is 0 Å². The van der Waals surface area contributed by atoms with Gasteiger partial charge in [0.1, 0.15) is 0 Å². The van der Waals surface area contributed by atoms with Crippen LogP contribution >= 0.6 is 0 Å². The van der Waals surface area contributed by atoms with Crippen LogP contribution in [0.5, 0.6) is 0 Å². The normalized spacial score (nSPS) is 19.5. The second kappa shape index (κ2) is 14.8. The van der Waals surface area contributed by atoms with Gasteiger partial charge in [0.25, 0.3) is 6.71 Å². The fraction of sp³-hybridized carbons (Fsp3) is 0.344. The molecule has 2 atom stereocenters. The first-order chi connectivity index (χ1) is 32.0. The Kier molecular flexibility index (Phi) is 9.66. The molecule has 0 saturated heterocycles. The molecular formula is C64H70BN3. The van der Waals surface area contributed by atoms with E-state index in [2.05, 4.69) is 257 Å². The summed E-state index contributed by atoms with van der Waals surface area (Å²) in [5.41, 5.74) is 23.2. The third-order valence-corrected chi connectivity index (χ3v) is 16.7. The number of hydrogen-bond donors (Lipinski definition) is 0. The highest BCUT2D eigenvalue weighted by Gasteiger charge is 2.63. The van der Waals surface area contributed by atoms with E-state index in [9.17, 15) is 0 Å². The van der Waals surface area contributed by atoms with E-state index in [1.54, 1.807) is 0 Å². The van der Waals surface area contributed by atoms with Gasteiger partial charge >= 0.3 is 0 Å². The van der Waals surface area contributed by atoms with E-state index < -0.39 is 0 Å². The zero-order chi connectivity index (χ0) is 48.1. The van der Waals surface area contributed by atoms with Gasteiger partial charge in [-0.3, -0.25) is 0 Å². The molecule has 7 aromatic rings. The van der Waals surface area contributed by atoms with Crippen LogP contribution in [0.3, 0.4) is 0 Å². The molecule has 0 bridgehead atoms. The summed E-state index contributed by atoms with van der Waals surface area (Å²) in [6, 6.07) is 57.1. The second-order valence-electron chi connectivity index (χ2n) is 25.2. The maximum atomic E-state index is 2.75. The molecule has 3 nitrogen and oxygen atoms in total. The topological polar surface area (TPSA) is 9.72 Å². The molecule has 1 aliphatic carbocycles. The summed E-state index contributed by atoms with van der Waals surface area (Å²) in [6.07, 6.45) is 2.32. The molecule has 344 valence electrons. The summed E-state index contributed by atoms with van der Waals surface area (Å²) >= 11 is 0. The minimum atomic E-state index is -0.0808.